The summed E-state index contributed by atoms with van der Waals surface area (Å²) in [5.41, 5.74) is 1.94. The molecule has 0 saturated carbocycles. The molecule has 32 heavy (non-hydrogen) atoms. The Labute approximate surface area is 188 Å². The lowest BCUT2D eigenvalue weighted by Crippen LogP contribution is -2.55. The van der Waals surface area contributed by atoms with Gasteiger partial charge in [-0.3, -0.25) is 14.3 Å². The molecule has 1 aromatic carbocycles. The number of amides is 2. The summed E-state index contributed by atoms with van der Waals surface area (Å²) in [5.74, 6) is 1.25. The van der Waals surface area contributed by atoms with Crippen molar-refractivity contribution in [1.29, 1.82) is 0 Å². The van der Waals surface area contributed by atoms with Crippen molar-refractivity contribution in [1.82, 2.24) is 24.9 Å². The second-order valence-corrected chi connectivity index (χ2v) is 7.79. The molecule has 1 N–H and O–H groups in total. The number of methoxy groups -OCH3 is 1. The molecule has 10 heteroatoms. The van der Waals surface area contributed by atoms with Crippen molar-refractivity contribution in [2.24, 2.45) is 12.0 Å². The van der Waals surface area contributed by atoms with Crippen molar-refractivity contribution in [2.45, 2.75) is 6.42 Å². The fraction of sp³-hybridized carbons (Fsp3) is 0.455. The maximum absolute atomic E-state index is 12.8. The zero-order valence-electron chi connectivity index (χ0n) is 19.1. The van der Waals surface area contributed by atoms with Gasteiger partial charge in [-0.15, -0.1) is 0 Å². The number of guanidine groups is 1. The molecule has 1 aliphatic heterocycles. The highest BCUT2D eigenvalue weighted by Crippen LogP contribution is 2.16. The van der Waals surface area contributed by atoms with E-state index in [2.05, 4.69) is 15.4 Å². The van der Waals surface area contributed by atoms with Gasteiger partial charge in [0.1, 0.15) is 18.8 Å². The summed E-state index contributed by atoms with van der Waals surface area (Å²) in [6.07, 6.45) is 4.28. The molecule has 2 amide bonds. The minimum absolute atomic E-state index is 0.0227. The van der Waals surface area contributed by atoms with Crippen LogP contribution in [0, 0.1) is 0 Å². The number of nitrogens with zero attached hydrogens (tertiary/aromatic N) is 6. The van der Waals surface area contributed by atoms with Crippen LogP contribution in [0.5, 0.6) is 5.75 Å². The molecule has 2 aromatic rings. The van der Waals surface area contributed by atoms with Gasteiger partial charge in [0.05, 0.1) is 19.0 Å². The number of hydrogen-bond acceptors (Lipinski definition) is 5. The minimum atomic E-state index is -0.0974. The van der Waals surface area contributed by atoms with Crippen LogP contribution in [-0.2, 0) is 23.1 Å². The van der Waals surface area contributed by atoms with Crippen LogP contribution in [0.2, 0.25) is 0 Å². The summed E-state index contributed by atoms with van der Waals surface area (Å²) in [5, 5.41) is 7.48. The first-order valence-corrected chi connectivity index (χ1v) is 10.5. The Morgan fingerprint density at radius 1 is 1.25 bits per heavy atom. The lowest BCUT2D eigenvalue weighted by Gasteiger charge is -2.35. The van der Waals surface area contributed by atoms with E-state index in [4.69, 9.17) is 4.74 Å². The van der Waals surface area contributed by atoms with E-state index in [1.165, 1.54) is 4.90 Å². The number of likely N-dealkylation sites (N-methyl/N-ethyl adjacent to an activating group) is 1. The number of aryl methyl sites for hydroxylation is 1. The summed E-state index contributed by atoms with van der Waals surface area (Å²) < 4.78 is 6.87. The fourth-order valence-corrected chi connectivity index (χ4v) is 3.34. The van der Waals surface area contributed by atoms with Crippen LogP contribution in [0.15, 0.2) is 41.7 Å². The number of aromatic nitrogens is 2. The third kappa shape index (κ3) is 5.99. The van der Waals surface area contributed by atoms with Crippen molar-refractivity contribution in [3.63, 3.8) is 0 Å². The van der Waals surface area contributed by atoms with Crippen molar-refractivity contribution >= 4 is 23.5 Å². The fourth-order valence-electron chi connectivity index (χ4n) is 3.34. The van der Waals surface area contributed by atoms with E-state index in [1.54, 1.807) is 37.0 Å². The summed E-state index contributed by atoms with van der Waals surface area (Å²) in [6, 6.07) is 7.89. The summed E-state index contributed by atoms with van der Waals surface area (Å²) in [7, 11) is 6.86. The minimum Gasteiger partial charge on any atom is -0.497 e. The maximum atomic E-state index is 12.8. The highest BCUT2D eigenvalue weighted by atomic mass is 16.5. The normalized spacial score (nSPS) is 14.5. The lowest BCUT2D eigenvalue weighted by molar-refractivity contribution is -0.127. The number of ether oxygens (including phenoxy) is 1. The SMILES string of the molecule is COc1ccc(CCNC(=NCC(=O)N(C)C)N2CCN(c3cnn(C)c3)C(=O)C2)cc1. The standard InChI is InChI=1S/C22H31N7O3/c1-26(2)20(30)14-24-22(23-10-9-17-5-7-19(32-4)8-6-17)28-11-12-29(21(31)16-28)18-13-25-27(3)15-18/h5-8,13,15H,9-12,14,16H2,1-4H3,(H,23,24). The first-order valence-electron chi connectivity index (χ1n) is 10.5. The average molecular weight is 442 g/mol. The predicted molar refractivity (Wildman–Crippen MR) is 123 cm³/mol. The highest BCUT2D eigenvalue weighted by molar-refractivity contribution is 5.98. The van der Waals surface area contributed by atoms with Gasteiger partial charge in [0, 0.05) is 47.0 Å². The Balaban J connectivity index is 1.64. The molecule has 0 atom stereocenters. The third-order valence-corrected chi connectivity index (χ3v) is 5.24. The molecular formula is C22H31N7O3. The molecule has 0 spiro atoms. The largest absolute Gasteiger partial charge is 0.497 e. The number of carbonyl (C=O) groups excluding carboxylic acids is 2. The van der Waals surface area contributed by atoms with Gasteiger partial charge in [-0.05, 0) is 24.1 Å². The van der Waals surface area contributed by atoms with Gasteiger partial charge in [0.15, 0.2) is 5.96 Å². The van der Waals surface area contributed by atoms with Crippen LogP contribution in [0.4, 0.5) is 5.69 Å². The number of piperazine rings is 1. The van der Waals surface area contributed by atoms with Gasteiger partial charge in [0.2, 0.25) is 11.8 Å². The zero-order valence-corrected chi connectivity index (χ0v) is 19.1. The van der Waals surface area contributed by atoms with Crippen LogP contribution in [0.1, 0.15) is 5.56 Å². The van der Waals surface area contributed by atoms with Crippen molar-refractivity contribution < 1.29 is 14.3 Å². The first kappa shape index (κ1) is 23.1. The van der Waals surface area contributed by atoms with Crippen LogP contribution in [-0.4, -0.2) is 91.3 Å². The Morgan fingerprint density at radius 3 is 2.59 bits per heavy atom. The summed E-state index contributed by atoms with van der Waals surface area (Å²) in [4.78, 5) is 34.5. The van der Waals surface area contributed by atoms with E-state index in [1.807, 2.05) is 42.4 Å². The number of rotatable bonds is 7. The Kier molecular flexibility index (Phi) is 7.69. The predicted octanol–water partition coefficient (Wildman–Crippen LogP) is 0.354. The molecule has 172 valence electrons. The molecule has 1 saturated heterocycles. The van der Waals surface area contributed by atoms with Gasteiger partial charge >= 0.3 is 0 Å². The smallest absolute Gasteiger partial charge is 0.246 e. The summed E-state index contributed by atoms with van der Waals surface area (Å²) >= 11 is 0. The van der Waals surface area contributed by atoms with Gasteiger partial charge in [-0.2, -0.15) is 5.10 Å². The maximum Gasteiger partial charge on any atom is 0.246 e. The molecule has 1 aromatic heterocycles. The number of nitrogens with one attached hydrogen (secondary N) is 1. The number of benzene rings is 1. The van der Waals surface area contributed by atoms with E-state index in [0.29, 0.717) is 25.6 Å². The van der Waals surface area contributed by atoms with Crippen LogP contribution in [0.3, 0.4) is 0 Å². The van der Waals surface area contributed by atoms with Crippen LogP contribution < -0.4 is 15.0 Å². The average Bonchev–Trinajstić information content (AvgIpc) is 3.22. The number of anilines is 1. The molecule has 1 fully saturated rings. The van der Waals surface area contributed by atoms with Gasteiger partial charge in [-0.25, -0.2) is 4.99 Å². The quantitative estimate of drug-likeness (QED) is 0.492. The topological polar surface area (TPSA) is 95.3 Å². The number of aliphatic imine (C=N–C) groups is 1. The van der Waals surface area contributed by atoms with Crippen molar-refractivity contribution in [2.75, 3.05) is 58.8 Å². The lowest BCUT2D eigenvalue weighted by atomic mass is 10.1. The van der Waals surface area contributed by atoms with Crippen LogP contribution in [0.25, 0.3) is 0 Å². The van der Waals surface area contributed by atoms with E-state index in [0.717, 1.165) is 23.4 Å². The molecule has 2 heterocycles. The second kappa shape index (κ2) is 10.7. The number of hydrogen-bond donors (Lipinski definition) is 1. The molecule has 0 aliphatic carbocycles. The van der Waals surface area contributed by atoms with Gasteiger partial charge < -0.3 is 24.8 Å². The van der Waals surface area contributed by atoms with Gasteiger partial charge in [0.25, 0.3) is 0 Å². The third-order valence-electron chi connectivity index (χ3n) is 5.24. The molecule has 3 rings (SSSR count). The molecule has 1 aliphatic rings. The first-order chi connectivity index (χ1) is 15.4. The van der Waals surface area contributed by atoms with Crippen LogP contribution >= 0.6 is 0 Å². The molecule has 0 unspecified atom stereocenters. The second-order valence-electron chi connectivity index (χ2n) is 7.79. The Bertz CT molecular complexity index is 953. The van der Waals surface area contributed by atoms with Gasteiger partial charge in [-0.1, -0.05) is 12.1 Å². The monoisotopic (exact) mass is 441 g/mol. The summed E-state index contributed by atoms with van der Waals surface area (Å²) in [6.45, 7) is 1.95. The Morgan fingerprint density at radius 2 is 2.00 bits per heavy atom. The van der Waals surface area contributed by atoms with E-state index in [9.17, 15) is 9.59 Å². The molecular weight excluding hydrogens is 410 g/mol. The van der Waals surface area contributed by atoms with E-state index in [-0.39, 0.29) is 24.9 Å². The van der Waals surface area contributed by atoms with Crippen molar-refractivity contribution in [3.05, 3.63) is 42.2 Å². The van der Waals surface area contributed by atoms with Crippen molar-refractivity contribution in [3.8, 4) is 5.75 Å². The molecule has 0 bridgehead atoms. The Hall–Kier alpha value is -3.56. The molecule has 0 radical (unpaired) electrons. The number of carbonyl (C=O) groups is 2. The molecule has 10 nitrogen and oxygen atoms in total. The van der Waals surface area contributed by atoms with E-state index >= 15 is 0 Å². The van der Waals surface area contributed by atoms with E-state index < -0.39 is 0 Å². The highest BCUT2D eigenvalue weighted by Gasteiger charge is 2.28. The zero-order chi connectivity index (χ0) is 23.1.